The number of hydrogen-bond donors (Lipinski definition) is 0. The van der Waals surface area contributed by atoms with Gasteiger partial charge < -0.3 is 4.74 Å². The zero-order valence-corrected chi connectivity index (χ0v) is 16.1. The molecule has 0 radical (unpaired) electrons. The Balaban J connectivity index is 2.11. The van der Waals surface area contributed by atoms with E-state index in [4.69, 9.17) is 16.3 Å². The van der Waals surface area contributed by atoms with Crippen LogP contribution in [-0.4, -0.2) is 23.8 Å². The van der Waals surface area contributed by atoms with Crippen molar-refractivity contribution in [2.24, 2.45) is 4.99 Å². The summed E-state index contributed by atoms with van der Waals surface area (Å²) >= 11 is 5.90. The number of benzene rings is 2. The quantitative estimate of drug-likeness (QED) is 0.493. The summed E-state index contributed by atoms with van der Waals surface area (Å²) in [5.41, 5.74) is 1.42. The minimum atomic E-state index is -0.593. The highest BCUT2D eigenvalue weighted by Gasteiger charge is 2.23. The van der Waals surface area contributed by atoms with Gasteiger partial charge in [0, 0.05) is 11.2 Å². The van der Waals surface area contributed by atoms with Crippen molar-refractivity contribution in [2.75, 3.05) is 0 Å². The largest absolute Gasteiger partial charge is 0.458 e. The average Bonchev–Trinajstić information content (AvgIpc) is 2.58. The summed E-state index contributed by atoms with van der Waals surface area (Å²) in [4.78, 5) is 16.9. The van der Waals surface area contributed by atoms with Gasteiger partial charge in [0.25, 0.3) is 0 Å². The predicted molar refractivity (Wildman–Crippen MR) is 109 cm³/mol. The Labute approximate surface area is 160 Å². The Morgan fingerprint density at radius 2 is 1.73 bits per heavy atom. The first-order valence-electron chi connectivity index (χ1n) is 8.57. The van der Waals surface area contributed by atoms with E-state index in [0.29, 0.717) is 11.4 Å². The fourth-order valence-electron chi connectivity index (χ4n) is 2.21. The number of carbonyl (C=O) groups excluding carboxylic acids is 1. The molecular weight excluding hydrogens is 346 g/mol. The van der Waals surface area contributed by atoms with Crippen LogP contribution >= 0.6 is 11.6 Å². The van der Waals surface area contributed by atoms with E-state index in [9.17, 15) is 4.79 Å². The number of carbonyl (C=O) groups is 1. The molecule has 4 heteroatoms. The van der Waals surface area contributed by atoms with Gasteiger partial charge in [0.1, 0.15) is 5.60 Å². The van der Waals surface area contributed by atoms with E-state index in [1.165, 1.54) is 0 Å². The third-order valence-corrected chi connectivity index (χ3v) is 3.67. The standard InChI is InChI=1S/C22H24ClNO2/c1-22(2,3)26-21(25)20(11-7-10-17-8-5-4-6-9-17)24-16-18-12-14-19(23)15-13-18/h4-10,12-16,20H,11H2,1-3H3/b10-7+,24-16?/t20-/m0/s1. The van der Waals surface area contributed by atoms with E-state index >= 15 is 0 Å². The van der Waals surface area contributed by atoms with Gasteiger partial charge in [0.05, 0.1) is 0 Å². The molecule has 0 amide bonds. The van der Waals surface area contributed by atoms with Crippen LogP contribution in [0.1, 0.15) is 38.3 Å². The molecule has 0 heterocycles. The molecular formula is C22H24ClNO2. The minimum absolute atomic E-state index is 0.333. The van der Waals surface area contributed by atoms with Crippen molar-refractivity contribution in [2.45, 2.75) is 38.8 Å². The molecule has 0 saturated carbocycles. The average molecular weight is 370 g/mol. The van der Waals surface area contributed by atoms with Crippen LogP contribution in [0.4, 0.5) is 0 Å². The highest BCUT2D eigenvalue weighted by atomic mass is 35.5. The number of aliphatic imine (C=N–C) groups is 1. The highest BCUT2D eigenvalue weighted by Crippen LogP contribution is 2.14. The summed E-state index contributed by atoms with van der Waals surface area (Å²) in [6.07, 6.45) is 6.08. The summed E-state index contributed by atoms with van der Waals surface area (Å²) < 4.78 is 5.50. The summed E-state index contributed by atoms with van der Waals surface area (Å²) in [6, 6.07) is 16.7. The topological polar surface area (TPSA) is 38.7 Å². The summed E-state index contributed by atoms with van der Waals surface area (Å²) in [5, 5.41) is 0.664. The molecule has 0 N–H and O–H groups in total. The number of nitrogens with zero attached hydrogens (tertiary/aromatic N) is 1. The first kappa shape index (κ1) is 19.9. The first-order valence-corrected chi connectivity index (χ1v) is 8.94. The molecule has 0 spiro atoms. The van der Waals surface area contributed by atoms with E-state index in [-0.39, 0.29) is 5.97 Å². The summed E-state index contributed by atoms with van der Waals surface area (Å²) in [6.45, 7) is 5.56. The van der Waals surface area contributed by atoms with Gasteiger partial charge in [0.2, 0.25) is 0 Å². The van der Waals surface area contributed by atoms with E-state index in [1.807, 2.05) is 75.4 Å². The molecule has 2 aromatic carbocycles. The van der Waals surface area contributed by atoms with Crippen LogP contribution in [0.15, 0.2) is 65.7 Å². The number of hydrogen-bond acceptors (Lipinski definition) is 3. The molecule has 26 heavy (non-hydrogen) atoms. The zero-order chi connectivity index (χ0) is 19.0. The maximum atomic E-state index is 12.5. The van der Waals surface area contributed by atoms with Gasteiger partial charge in [-0.1, -0.05) is 66.2 Å². The fourth-order valence-corrected chi connectivity index (χ4v) is 2.34. The van der Waals surface area contributed by atoms with Crippen LogP contribution in [0.2, 0.25) is 5.02 Å². The van der Waals surface area contributed by atoms with E-state index in [2.05, 4.69) is 4.99 Å². The monoisotopic (exact) mass is 369 g/mol. The second kappa shape index (κ2) is 9.35. The molecule has 0 aliphatic heterocycles. The van der Waals surface area contributed by atoms with Crippen LogP contribution in [-0.2, 0) is 9.53 Å². The SMILES string of the molecule is CC(C)(C)OC(=O)[C@H](C/C=C/c1ccccc1)N=Cc1ccc(Cl)cc1. The number of halogens is 1. The molecule has 2 aromatic rings. The van der Waals surface area contributed by atoms with Gasteiger partial charge in [-0.3, -0.25) is 4.99 Å². The van der Waals surface area contributed by atoms with Crippen molar-refractivity contribution in [3.05, 3.63) is 76.8 Å². The number of rotatable bonds is 6. The molecule has 0 aliphatic rings. The normalized spacial score (nSPS) is 13.2. The number of ether oxygens (including phenoxy) is 1. The maximum absolute atomic E-state index is 12.5. The van der Waals surface area contributed by atoms with Gasteiger partial charge in [-0.15, -0.1) is 0 Å². The molecule has 0 saturated heterocycles. The molecule has 0 fully saturated rings. The Morgan fingerprint density at radius 1 is 1.08 bits per heavy atom. The van der Waals surface area contributed by atoms with Crippen molar-refractivity contribution in [1.29, 1.82) is 0 Å². The van der Waals surface area contributed by atoms with Gasteiger partial charge in [0.15, 0.2) is 6.04 Å². The van der Waals surface area contributed by atoms with Crippen LogP contribution in [0.5, 0.6) is 0 Å². The van der Waals surface area contributed by atoms with Crippen LogP contribution in [0.25, 0.3) is 6.08 Å². The van der Waals surface area contributed by atoms with E-state index in [1.54, 1.807) is 18.3 Å². The molecule has 2 rings (SSSR count). The smallest absolute Gasteiger partial charge is 0.331 e. The molecule has 3 nitrogen and oxygen atoms in total. The van der Waals surface area contributed by atoms with Crippen molar-refractivity contribution in [3.63, 3.8) is 0 Å². The lowest BCUT2D eigenvalue weighted by molar-refractivity contribution is -0.156. The predicted octanol–water partition coefficient (Wildman–Crippen LogP) is 5.57. The minimum Gasteiger partial charge on any atom is -0.458 e. The molecule has 1 atom stereocenters. The Morgan fingerprint density at radius 3 is 2.35 bits per heavy atom. The zero-order valence-electron chi connectivity index (χ0n) is 15.4. The molecule has 136 valence electrons. The van der Waals surface area contributed by atoms with Crippen molar-refractivity contribution in [3.8, 4) is 0 Å². The molecule has 0 aromatic heterocycles. The van der Waals surface area contributed by atoms with Crippen LogP contribution in [0, 0.1) is 0 Å². The summed E-state index contributed by atoms with van der Waals surface area (Å²) in [5.74, 6) is -0.333. The van der Waals surface area contributed by atoms with Crippen molar-refractivity contribution >= 4 is 29.9 Å². The van der Waals surface area contributed by atoms with Crippen LogP contribution in [0.3, 0.4) is 0 Å². The van der Waals surface area contributed by atoms with Gasteiger partial charge >= 0.3 is 5.97 Å². The first-order chi connectivity index (χ1) is 12.3. The van der Waals surface area contributed by atoms with Crippen molar-refractivity contribution < 1.29 is 9.53 Å². The van der Waals surface area contributed by atoms with Gasteiger partial charge in [-0.2, -0.15) is 0 Å². The molecule has 0 bridgehead atoms. The second-order valence-corrected chi connectivity index (χ2v) is 7.36. The lowest BCUT2D eigenvalue weighted by Gasteiger charge is -2.21. The Kier molecular flexibility index (Phi) is 7.16. The highest BCUT2D eigenvalue weighted by molar-refractivity contribution is 6.30. The van der Waals surface area contributed by atoms with E-state index < -0.39 is 11.6 Å². The van der Waals surface area contributed by atoms with E-state index in [0.717, 1.165) is 11.1 Å². The summed E-state index contributed by atoms with van der Waals surface area (Å²) in [7, 11) is 0. The third-order valence-electron chi connectivity index (χ3n) is 3.42. The molecule has 0 aliphatic carbocycles. The Hall–Kier alpha value is -2.39. The van der Waals surface area contributed by atoms with Crippen molar-refractivity contribution in [1.82, 2.24) is 0 Å². The molecule has 0 unspecified atom stereocenters. The second-order valence-electron chi connectivity index (χ2n) is 6.93. The number of esters is 1. The van der Waals surface area contributed by atoms with Crippen LogP contribution < -0.4 is 0 Å². The lowest BCUT2D eigenvalue weighted by Crippen LogP contribution is -2.30. The fraction of sp³-hybridized carbons (Fsp3) is 0.273. The van der Waals surface area contributed by atoms with Gasteiger partial charge in [-0.05, 0) is 50.5 Å². The Bertz CT molecular complexity index is 759. The van der Waals surface area contributed by atoms with Gasteiger partial charge in [-0.25, -0.2) is 4.79 Å². The maximum Gasteiger partial charge on any atom is 0.331 e. The lowest BCUT2D eigenvalue weighted by atomic mass is 10.1. The third kappa shape index (κ3) is 7.24.